The van der Waals surface area contributed by atoms with Gasteiger partial charge in [-0.15, -0.1) is 0 Å². The minimum absolute atomic E-state index is 0.0573. The van der Waals surface area contributed by atoms with E-state index in [-0.39, 0.29) is 12.5 Å². The van der Waals surface area contributed by atoms with Crippen molar-refractivity contribution < 1.29 is 9.90 Å². The van der Waals surface area contributed by atoms with E-state index in [9.17, 15) is 9.90 Å². The molecule has 5 nitrogen and oxygen atoms in total. The maximum absolute atomic E-state index is 12.0. The lowest BCUT2D eigenvalue weighted by Gasteiger charge is -2.22. The van der Waals surface area contributed by atoms with Gasteiger partial charge in [-0.25, -0.2) is 0 Å². The number of nitrogens with one attached hydrogen (secondary N) is 1. The average molecular weight is 321 g/mol. The molecule has 2 N–H and O–H groups in total. The summed E-state index contributed by atoms with van der Waals surface area (Å²) in [6.45, 7) is 5.90. The first-order chi connectivity index (χ1) is 10.3. The van der Waals surface area contributed by atoms with Gasteiger partial charge in [-0.3, -0.25) is 9.48 Å². The van der Waals surface area contributed by atoms with Crippen molar-refractivity contribution in [2.45, 2.75) is 39.2 Å². The van der Waals surface area contributed by atoms with Crippen LogP contribution in [0.2, 0.25) is 0 Å². The summed E-state index contributed by atoms with van der Waals surface area (Å²) >= 11 is 1.53. The molecule has 0 fully saturated rings. The highest BCUT2D eigenvalue weighted by molar-refractivity contribution is 7.08. The molecule has 0 spiro atoms. The zero-order valence-corrected chi connectivity index (χ0v) is 14.3. The van der Waals surface area contributed by atoms with Gasteiger partial charge in [-0.1, -0.05) is 0 Å². The molecule has 120 valence electrons. The van der Waals surface area contributed by atoms with E-state index < -0.39 is 5.60 Å². The Morgan fingerprint density at radius 1 is 1.50 bits per heavy atom. The van der Waals surface area contributed by atoms with Crippen LogP contribution in [0.5, 0.6) is 0 Å². The molecule has 2 aromatic heterocycles. The summed E-state index contributed by atoms with van der Waals surface area (Å²) in [5, 5.41) is 21.4. The molecule has 1 unspecified atom stereocenters. The van der Waals surface area contributed by atoms with Crippen molar-refractivity contribution in [2.24, 2.45) is 7.05 Å². The van der Waals surface area contributed by atoms with Gasteiger partial charge in [0.05, 0.1) is 12.2 Å². The fraction of sp³-hybridized carbons (Fsp3) is 0.500. The number of hydrogen-bond acceptors (Lipinski definition) is 4. The van der Waals surface area contributed by atoms with Crippen LogP contribution in [0.4, 0.5) is 0 Å². The van der Waals surface area contributed by atoms with Crippen LogP contribution in [0.1, 0.15) is 35.9 Å². The van der Waals surface area contributed by atoms with Crippen LogP contribution in [-0.2, 0) is 23.9 Å². The van der Waals surface area contributed by atoms with Gasteiger partial charge < -0.3 is 10.4 Å². The van der Waals surface area contributed by atoms with Crippen molar-refractivity contribution in [3.05, 3.63) is 39.3 Å². The van der Waals surface area contributed by atoms with Crippen molar-refractivity contribution in [3.8, 4) is 0 Å². The van der Waals surface area contributed by atoms with E-state index in [1.807, 2.05) is 42.4 Å². The molecule has 0 aromatic carbocycles. The third-order valence-corrected chi connectivity index (χ3v) is 4.72. The number of carbonyl (C=O) groups is 1. The van der Waals surface area contributed by atoms with E-state index in [0.717, 1.165) is 22.5 Å². The molecule has 0 aliphatic rings. The van der Waals surface area contributed by atoms with Gasteiger partial charge in [0.2, 0.25) is 5.91 Å². The van der Waals surface area contributed by atoms with Crippen molar-refractivity contribution in [1.82, 2.24) is 15.1 Å². The second-order valence-corrected chi connectivity index (χ2v) is 6.62. The molecule has 0 aliphatic carbocycles. The Morgan fingerprint density at radius 3 is 2.77 bits per heavy atom. The summed E-state index contributed by atoms with van der Waals surface area (Å²) in [5.41, 5.74) is 2.99. The second-order valence-electron chi connectivity index (χ2n) is 5.84. The van der Waals surface area contributed by atoms with E-state index >= 15 is 0 Å². The highest BCUT2D eigenvalue weighted by Gasteiger charge is 2.24. The first kappa shape index (κ1) is 16.7. The summed E-state index contributed by atoms with van der Waals surface area (Å²) in [6.07, 6.45) is 1.06. The standard InChI is InChI=1S/C16H23N3O2S/c1-11-14(12(2)19(4)18-11)5-6-15(20)17-10-16(3,21)13-7-8-22-9-13/h7-9,21H,5-6,10H2,1-4H3,(H,17,20). The Kier molecular flexibility index (Phi) is 5.03. The Bertz CT molecular complexity index is 645. The normalized spacial score (nSPS) is 13.9. The molecule has 0 aliphatic heterocycles. The molecular weight excluding hydrogens is 298 g/mol. The first-order valence-corrected chi connectivity index (χ1v) is 8.26. The molecule has 1 amide bonds. The number of aliphatic hydroxyl groups is 1. The SMILES string of the molecule is Cc1nn(C)c(C)c1CCC(=O)NCC(C)(O)c1ccsc1. The first-order valence-electron chi connectivity index (χ1n) is 7.32. The second kappa shape index (κ2) is 6.62. The van der Waals surface area contributed by atoms with Crippen molar-refractivity contribution in [2.75, 3.05) is 6.54 Å². The highest BCUT2D eigenvalue weighted by atomic mass is 32.1. The average Bonchev–Trinajstić information content (AvgIpc) is 3.06. The Labute approximate surface area is 135 Å². The van der Waals surface area contributed by atoms with Crippen LogP contribution < -0.4 is 5.32 Å². The molecule has 22 heavy (non-hydrogen) atoms. The van der Waals surface area contributed by atoms with Gasteiger partial charge in [-0.2, -0.15) is 16.4 Å². The van der Waals surface area contributed by atoms with Gasteiger partial charge >= 0.3 is 0 Å². The molecular formula is C16H23N3O2S. The Hall–Kier alpha value is -1.66. The number of aryl methyl sites for hydroxylation is 2. The van der Waals surface area contributed by atoms with Crippen molar-refractivity contribution >= 4 is 17.2 Å². The molecule has 2 aromatic rings. The van der Waals surface area contributed by atoms with Gasteiger partial charge in [0, 0.05) is 19.2 Å². The van der Waals surface area contributed by atoms with Crippen LogP contribution in [0, 0.1) is 13.8 Å². The number of hydrogen-bond donors (Lipinski definition) is 2. The number of aromatic nitrogens is 2. The highest BCUT2D eigenvalue weighted by Crippen LogP contribution is 2.22. The molecule has 1 atom stereocenters. The predicted octanol–water partition coefficient (Wildman–Crippen LogP) is 2.05. The number of thiophene rings is 1. The minimum Gasteiger partial charge on any atom is -0.384 e. The third kappa shape index (κ3) is 3.75. The van der Waals surface area contributed by atoms with Crippen molar-refractivity contribution in [3.63, 3.8) is 0 Å². The number of nitrogens with zero attached hydrogens (tertiary/aromatic N) is 2. The van der Waals surface area contributed by atoms with E-state index in [2.05, 4.69) is 10.4 Å². The fourth-order valence-electron chi connectivity index (χ4n) is 2.45. The van der Waals surface area contributed by atoms with E-state index in [1.165, 1.54) is 11.3 Å². The lowest BCUT2D eigenvalue weighted by molar-refractivity contribution is -0.122. The zero-order valence-electron chi connectivity index (χ0n) is 13.5. The zero-order chi connectivity index (χ0) is 16.3. The molecule has 2 heterocycles. The Balaban J connectivity index is 1.86. The fourth-order valence-corrected chi connectivity index (χ4v) is 3.23. The molecule has 0 radical (unpaired) electrons. The van der Waals surface area contributed by atoms with Gasteiger partial charge in [0.15, 0.2) is 0 Å². The Morgan fingerprint density at radius 2 is 2.23 bits per heavy atom. The smallest absolute Gasteiger partial charge is 0.220 e. The summed E-state index contributed by atoms with van der Waals surface area (Å²) in [4.78, 5) is 12.0. The third-order valence-electron chi connectivity index (χ3n) is 4.03. The van der Waals surface area contributed by atoms with Crippen molar-refractivity contribution in [1.29, 1.82) is 0 Å². The van der Waals surface area contributed by atoms with Crippen LogP contribution in [0.15, 0.2) is 16.8 Å². The van der Waals surface area contributed by atoms with Crippen LogP contribution >= 0.6 is 11.3 Å². The largest absolute Gasteiger partial charge is 0.384 e. The van der Waals surface area contributed by atoms with Crippen LogP contribution in [0.3, 0.4) is 0 Å². The van der Waals surface area contributed by atoms with E-state index in [0.29, 0.717) is 12.8 Å². The monoisotopic (exact) mass is 321 g/mol. The van der Waals surface area contributed by atoms with Gasteiger partial charge in [0.1, 0.15) is 5.60 Å². The topological polar surface area (TPSA) is 67.2 Å². The summed E-state index contributed by atoms with van der Waals surface area (Å²) in [7, 11) is 1.91. The summed E-state index contributed by atoms with van der Waals surface area (Å²) < 4.78 is 1.84. The van der Waals surface area contributed by atoms with E-state index in [1.54, 1.807) is 6.92 Å². The molecule has 0 saturated carbocycles. The molecule has 0 bridgehead atoms. The summed E-state index contributed by atoms with van der Waals surface area (Å²) in [5.74, 6) is -0.0573. The molecule has 0 saturated heterocycles. The lowest BCUT2D eigenvalue weighted by atomic mass is 9.99. The molecule has 2 rings (SSSR count). The number of rotatable bonds is 6. The predicted molar refractivity (Wildman–Crippen MR) is 87.9 cm³/mol. The maximum Gasteiger partial charge on any atom is 0.220 e. The number of amides is 1. The molecule has 6 heteroatoms. The maximum atomic E-state index is 12.0. The van der Waals surface area contributed by atoms with Crippen LogP contribution in [0.25, 0.3) is 0 Å². The summed E-state index contributed by atoms with van der Waals surface area (Å²) in [6, 6.07) is 1.87. The van der Waals surface area contributed by atoms with Crippen LogP contribution in [-0.4, -0.2) is 27.3 Å². The minimum atomic E-state index is -1.03. The van der Waals surface area contributed by atoms with Gasteiger partial charge in [0.25, 0.3) is 0 Å². The quantitative estimate of drug-likeness (QED) is 0.856. The van der Waals surface area contributed by atoms with E-state index in [4.69, 9.17) is 0 Å². The lowest BCUT2D eigenvalue weighted by Crippen LogP contribution is -2.38. The van der Waals surface area contributed by atoms with Gasteiger partial charge in [-0.05, 0) is 55.1 Å². The number of carbonyl (C=O) groups excluding carboxylic acids is 1.